The average molecular weight is 243 g/mol. The van der Waals surface area contributed by atoms with Gasteiger partial charge in [-0.25, -0.2) is 9.97 Å². The highest BCUT2D eigenvalue weighted by Crippen LogP contribution is 2.58. The van der Waals surface area contributed by atoms with E-state index in [9.17, 15) is 0 Å². The lowest BCUT2D eigenvalue weighted by Gasteiger charge is -2.32. The van der Waals surface area contributed by atoms with Crippen molar-refractivity contribution in [3.63, 3.8) is 0 Å². The van der Waals surface area contributed by atoms with Gasteiger partial charge in [-0.2, -0.15) is 0 Å². The highest BCUT2D eigenvalue weighted by molar-refractivity contribution is 5.07. The Hall–Kier alpha value is -0.960. The summed E-state index contributed by atoms with van der Waals surface area (Å²) in [4.78, 5) is 8.16. The van der Waals surface area contributed by atoms with Crippen molar-refractivity contribution < 1.29 is 0 Å². The van der Waals surface area contributed by atoms with Crippen molar-refractivity contribution in [1.82, 2.24) is 15.3 Å². The topological polar surface area (TPSA) is 37.8 Å². The number of fused-ring (bicyclic) bond motifs is 5. The van der Waals surface area contributed by atoms with Gasteiger partial charge in [-0.15, -0.1) is 0 Å². The van der Waals surface area contributed by atoms with Gasteiger partial charge in [0.2, 0.25) is 0 Å². The fraction of sp³-hybridized carbons (Fsp3) is 0.733. The number of nitrogens with one attached hydrogen (secondary N) is 1. The summed E-state index contributed by atoms with van der Waals surface area (Å²) in [6.45, 7) is 0.937. The zero-order chi connectivity index (χ0) is 11.9. The molecule has 3 heteroatoms. The molecule has 0 spiro atoms. The Bertz CT molecular complexity index is 419. The second kappa shape index (κ2) is 4.30. The van der Waals surface area contributed by atoms with E-state index in [0.717, 1.165) is 36.3 Å². The zero-order valence-corrected chi connectivity index (χ0v) is 10.8. The second-order valence-corrected chi connectivity index (χ2v) is 6.39. The molecular weight excluding hydrogens is 222 g/mol. The van der Waals surface area contributed by atoms with Crippen LogP contribution in [0.3, 0.4) is 0 Å². The first-order chi connectivity index (χ1) is 8.92. The maximum Gasteiger partial charge on any atom is 0.115 e. The molecule has 3 aliphatic rings. The molecule has 0 unspecified atom stereocenters. The van der Waals surface area contributed by atoms with Crippen LogP contribution in [0.2, 0.25) is 0 Å². The van der Waals surface area contributed by atoms with Crippen molar-refractivity contribution >= 4 is 0 Å². The summed E-state index contributed by atoms with van der Waals surface area (Å²) in [7, 11) is 0. The molecule has 1 heterocycles. The number of hydrogen-bond acceptors (Lipinski definition) is 3. The minimum absolute atomic E-state index is 0.759. The molecule has 1 aromatic rings. The summed E-state index contributed by atoms with van der Waals surface area (Å²) in [5, 5.41) is 3.76. The Morgan fingerprint density at radius 2 is 1.89 bits per heavy atom. The fourth-order valence-electron chi connectivity index (χ4n) is 4.97. The normalized spacial score (nSPS) is 41.2. The lowest BCUT2D eigenvalue weighted by atomic mass is 9.79. The quantitative estimate of drug-likeness (QED) is 0.885. The van der Waals surface area contributed by atoms with Crippen molar-refractivity contribution in [1.29, 1.82) is 0 Å². The molecular formula is C15H21N3. The summed E-state index contributed by atoms with van der Waals surface area (Å²) in [6, 6.07) is 0.759. The van der Waals surface area contributed by atoms with Crippen LogP contribution in [0.4, 0.5) is 0 Å². The molecule has 0 aromatic carbocycles. The van der Waals surface area contributed by atoms with Gasteiger partial charge in [0.1, 0.15) is 6.33 Å². The van der Waals surface area contributed by atoms with Gasteiger partial charge < -0.3 is 5.32 Å². The molecule has 3 fully saturated rings. The van der Waals surface area contributed by atoms with E-state index in [2.05, 4.69) is 15.3 Å². The van der Waals surface area contributed by atoms with Crippen LogP contribution in [0.1, 0.15) is 37.7 Å². The van der Waals surface area contributed by atoms with E-state index < -0.39 is 0 Å². The standard InChI is InChI=1S/C15H21N3/c1-2-12-11-4-14(13(12)3-1)15(5-11)18-8-10-6-16-9-17-7-10/h6-7,9,11-15,18H,1-5,8H2/t11-,12-,13-,14-,15-/m1/s1. The number of rotatable bonds is 3. The summed E-state index contributed by atoms with van der Waals surface area (Å²) < 4.78 is 0. The van der Waals surface area contributed by atoms with Crippen LogP contribution < -0.4 is 5.32 Å². The van der Waals surface area contributed by atoms with Crippen LogP contribution in [-0.2, 0) is 6.54 Å². The molecule has 0 radical (unpaired) electrons. The van der Waals surface area contributed by atoms with Gasteiger partial charge >= 0.3 is 0 Å². The summed E-state index contributed by atoms with van der Waals surface area (Å²) >= 11 is 0. The van der Waals surface area contributed by atoms with E-state index in [0.29, 0.717) is 0 Å². The average Bonchev–Trinajstić information content (AvgIpc) is 3.09. The van der Waals surface area contributed by atoms with E-state index in [-0.39, 0.29) is 0 Å². The zero-order valence-electron chi connectivity index (χ0n) is 10.8. The minimum Gasteiger partial charge on any atom is -0.310 e. The molecule has 18 heavy (non-hydrogen) atoms. The van der Waals surface area contributed by atoms with Crippen LogP contribution in [-0.4, -0.2) is 16.0 Å². The molecule has 3 aliphatic carbocycles. The molecule has 2 bridgehead atoms. The minimum atomic E-state index is 0.759. The van der Waals surface area contributed by atoms with E-state index in [1.54, 1.807) is 6.33 Å². The first kappa shape index (κ1) is 10.9. The molecule has 0 saturated heterocycles. The van der Waals surface area contributed by atoms with Gasteiger partial charge in [0.15, 0.2) is 0 Å². The monoisotopic (exact) mass is 243 g/mol. The van der Waals surface area contributed by atoms with Crippen molar-refractivity contribution in [2.75, 3.05) is 0 Å². The Balaban J connectivity index is 1.40. The van der Waals surface area contributed by atoms with Gasteiger partial charge in [0.25, 0.3) is 0 Å². The first-order valence-corrected chi connectivity index (χ1v) is 7.39. The third-order valence-corrected chi connectivity index (χ3v) is 5.61. The Kier molecular flexibility index (Phi) is 2.61. The van der Waals surface area contributed by atoms with Crippen LogP contribution >= 0.6 is 0 Å². The number of nitrogens with zero attached hydrogens (tertiary/aromatic N) is 2. The van der Waals surface area contributed by atoms with E-state index in [1.807, 2.05) is 12.4 Å². The van der Waals surface area contributed by atoms with Crippen molar-refractivity contribution in [2.24, 2.45) is 23.7 Å². The Morgan fingerprint density at radius 3 is 2.78 bits per heavy atom. The SMILES string of the molecule is c1ncc(CN[C@@H]2C[C@H]3C[C@@H]2[C@@H]2CCC[C@H]32)cn1. The van der Waals surface area contributed by atoms with Crippen molar-refractivity contribution in [3.8, 4) is 0 Å². The molecule has 1 N–H and O–H groups in total. The second-order valence-electron chi connectivity index (χ2n) is 6.39. The van der Waals surface area contributed by atoms with Crippen LogP contribution in [0.15, 0.2) is 18.7 Å². The molecule has 0 amide bonds. The lowest BCUT2D eigenvalue weighted by molar-refractivity contribution is 0.208. The van der Waals surface area contributed by atoms with E-state index in [1.165, 1.54) is 37.7 Å². The fourth-order valence-corrected chi connectivity index (χ4v) is 4.97. The summed E-state index contributed by atoms with van der Waals surface area (Å²) in [6.07, 6.45) is 12.9. The van der Waals surface area contributed by atoms with Crippen LogP contribution in [0, 0.1) is 23.7 Å². The van der Waals surface area contributed by atoms with Gasteiger partial charge in [-0.1, -0.05) is 6.42 Å². The molecule has 1 aromatic heterocycles. The molecule has 96 valence electrons. The van der Waals surface area contributed by atoms with E-state index >= 15 is 0 Å². The van der Waals surface area contributed by atoms with Gasteiger partial charge in [-0.05, 0) is 49.4 Å². The van der Waals surface area contributed by atoms with Crippen LogP contribution in [0.25, 0.3) is 0 Å². The Morgan fingerprint density at radius 1 is 1.06 bits per heavy atom. The Labute approximate surface area is 108 Å². The van der Waals surface area contributed by atoms with Gasteiger partial charge in [-0.3, -0.25) is 0 Å². The molecule has 3 saturated carbocycles. The highest BCUT2D eigenvalue weighted by atomic mass is 14.9. The third kappa shape index (κ3) is 1.68. The van der Waals surface area contributed by atoms with Crippen molar-refractivity contribution in [3.05, 3.63) is 24.3 Å². The molecule has 5 atom stereocenters. The smallest absolute Gasteiger partial charge is 0.115 e. The van der Waals surface area contributed by atoms with Gasteiger partial charge in [0, 0.05) is 30.5 Å². The molecule has 0 aliphatic heterocycles. The molecule has 4 rings (SSSR count). The first-order valence-electron chi connectivity index (χ1n) is 7.39. The summed E-state index contributed by atoms with van der Waals surface area (Å²) in [5.74, 6) is 4.14. The maximum absolute atomic E-state index is 4.08. The predicted molar refractivity (Wildman–Crippen MR) is 69.7 cm³/mol. The summed E-state index contributed by atoms with van der Waals surface area (Å²) in [5.41, 5.74) is 1.21. The lowest BCUT2D eigenvalue weighted by Crippen LogP contribution is -2.38. The number of hydrogen-bond donors (Lipinski definition) is 1. The van der Waals surface area contributed by atoms with Crippen LogP contribution in [0.5, 0.6) is 0 Å². The predicted octanol–water partition coefficient (Wildman–Crippen LogP) is 2.39. The maximum atomic E-state index is 4.08. The number of aromatic nitrogens is 2. The largest absolute Gasteiger partial charge is 0.310 e. The van der Waals surface area contributed by atoms with Crippen molar-refractivity contribution in [2.45, 2.75) is 44.7 Å². The highest BCUT2D eigenvalue weighted by Gasteiger charge is 2.53. The van der Waals surface area contributed by atoms with Gasteiger partial charge in [0.05, 0.1) is 0 Å². The molecule has 3 nitrogen and oxygen atoms in total. The van der Waals surface area contributed by atoms with E-state index in [4.69, 9.17) is 0 Å². The third-order valence-electron chi connectivity index (χ3n) is 5.61.